The number of anilines is 2. The van der Waals surface area contributed by atoms with Crippen molar-refractivity contribution < 1.29 is 14.3 Å². The summed E-state index contributed by atoms with van der Waals surface area (Å²) in [4.78, 5) is 22.6. The van der Waals surface area contributed by atoms with E-state index in [1.807, 2.05) is 18.2 Å². The van der Waals surface area contributed by atoms with Crippen molar-refractivity contribution in [3.63, 3.8) is 0 Å². The molecule has 1 aliphatic heterocycles. The van der Waals surface area contributed by atoms with E-state index in [-0.39, 0.29) is 12.0 Å². The molecule has 3 heterocycles. The minimum Gasteiger partial charge on any atom is -0.493 e. The molecule has 0 saturated carbocycles. The summed E-state index contributed by atoms with van der Waals surface area (Å²) in [5, 5.41) is 7.58. The van der Waals surface area contributed by atoms with Gasteiger partial charge in [-0.25, -0.2) is 9.97 Å². The lowest BCUT2D eigenvalue weighted by atomic mass is 10.1. The van der Waals surface area contributed by atoms with Crippen molar-refractivity contribution in [3.05, 3.63) is 60.8 Å². The van der Waals surface area contributed by atoms with Crippen molar-refractivity contribution in [1.82, 2.24) is 14.9 Å². The zero-order chi connectivity index (χ0) is 22.8. The highest BCUT2D eigenvalue weighted by Crippen LogP contribution is 2.36. The van der Waals surface area contributed by atoms with E-state index in [4.69, 9.17) is 9.47 Å². The topological polar surface area (TPSA) is 76.6 Å². The van der Waals surface area contributed by atoms with Crippen LogP contribution in [-0.2, 0) is 4.79 Å². The van der Waals surface area contributed by atoms with Gasteiger partial charge in [-0.1, -0.05) is 12.6 Å². The van der Waals surface area contributed by atoms with Gasteiger partial charge in [0.1, 0.15) is 18.2 Å². The predicted octanol–water partition coefficient (Wildman–Crippen LogP) is 5.15. The third kappa shape index (κ3) is 4.34. The van der Waals surface area contributed by atoms with Gasteiger partial charge in [0.25, 0.3) is 0 Å². The molecule has 5 rings (SSSR count). The van der Waals surface area contributed by atoms with Crippen molar-refractivity contribution in [1.29, 1.82) is 0 Å². The number of hydrogen-bond acceptors (Lipinski definition) is 7. The van der Waals surface area contributed by atoms with E-state index in [0.717, 1.165) is 29.4 Å². The summed E-state index contributed by atoms with van der Waals surface area (Å²) in [6, 6.07) is 12.2. The number of rotatable bonds is 6. The number of piperidine rings is 1. The zero-order valence-electron chi connectivity index (χ0n) is 18.3. The number of thiophene rings is 1. The molecular formula is C25H24N4O3S. The average Bonchev–Trinajstić information content (AvgIpc) is 3.32. The van der Waals surface area contributed by atoms with Gasteiger partial charge in [-0.3, -0.25) is 4.79 Å². The Kier molecular flexibility index (Phi) is 5.83. The standard InChI is InChI=1S/C25H24N4O3S/c1-3-24(30)29-9-6-18(7-10-29)32-22-13-19-20(14-21(22)31-2)26-15-27-25(19)28-17-5-4-16-8-11-33-23(16)12-17/h3-5,8,11-15,18H,1,6-7,9-10H2,2H3,(H,26,27,28). The smallest absolute Gasteiger partial charge is 0.245 e. The minimum atomic E-state index is -0.0367. The molecule has 0 atom stereocenters. The molecule has 1 fully saturated rings. The number of hydrogen-bond donors (Lipinski definition) is 1. The van der Waals surface area contributed by atoms with Crippen LogP contribution in [-0.4, -0.2) is 47.1 Å². The Balaban J connectivity index is 1.42. The Labute approximate surface area is 195 Å². The molecule has 7 nitrogen and oxygen atoms in total. The van der Waals surface area contributed by atoms with Crippen LogP contribution in [0.4, 0.5) is 11.5 Å². The molecule has 168 valence electrons. The maximum absolute atomic E-state index is 11.9. The van der Waals surface area contributed by atoms with Crippen molar-refractivity contribution in [2.45, 2.75) is 18.9 Å². The summed E-state index contributed by atoms with van der Waals surface area (Å²) in [7, 11) is 1.62. The van der Waals surface area contributed by atoms with E-state index in [1.54, 1.807) is 29.7 Å². The molecule has 1 saturated heterocycles. The highest BCUT2D eigenvalue weighted by Gasteiger charge is 2.24. The molecule has 4 aromatic rings. The summed E-state index contributed by atoms with van der Waals surface area (Å²) in [5.74, 6) is 1.93. The predicted molar refractivity (Wildman–Crippen MR) is 132 cm³/mol. The first kappa shape index (κ1) is 21.2. The Morgan fingerprint density at radius 3 is 2.82 bits per heavy atom. The molecule has 0 spiro atoms. The maximum Gasteiger partial charge on any atom is 0.245 e. The lowest BCUT2D eigenvalue weighted by Crippen LogP contribution is -2.41. The maximum atomic E-state index is 11.9. The Morgan fingerprint density at radius 2 is 2.03 bits per heavy atom. The number of likely N-dealkylation sites (tertiary alicyclic amines) is 1. The van der Waals surface area contributed by atoms with Crippen LogP contribution in [0.1, 0.15) is 12.8 Å². The number of benzene rings is 2. The van der Waals surface area contributed by atoms with E-state index < -0.39 is 0 Å². The van der Waals surface area contributed by atoms with Crippen LogP contribution in [0.3, 0.4) is 0 Å². The number of methoxy groups -OCH3 is 1. The van der Waals surface area contributed by atoms with Gasteiger partial charge in [0.2, 0.25) is 5.91 Å². The van der Waals surface area contributed by atoms with Crippen molar-refractivity contribution >= 4 is 49.7 Å². The first-order valence-electron chi connectivity index (χ1n) is 10.8. The minimum absolute atomic E-state index is 0.00695. The molecule has 0 unspecified atom stereocenters. The van der Waals surface area contributed by atoms with Gasteiger partial charge in [0, 0.05) is 47.8 Å². The average molecular weight is 461 g/mol. The van der Waals surface area contributed by atoms with Gasteiger partial charge >= 0.3 is 0 Å². The van der Waals surface area contributed by atoms with Crippen LogP contribution in [0.2, 0.25) is 0 Å². The number of nitrogens with one attached hydrogen (secondary N) is 1. The number of fused-ring (bicyclic) bond motifs is 2. The highest BCUT2D eigenvalue weighted by molar-refractivity contribution is 7.17. The second-order valence-corrected chi connectivity index (χ2v) is 8.84. The van der Waals surface area contributed by atoms with Crippen LogP contribution in [0, 0.1) is 0 Å². The molecule has 2 aromatic heterocycles. The van der Waals surface area contributed by atoms with E-state index in [2.05, 4.69) is 45.4 Å². The SMILES string of the molecule is C=CC(=O)N1CCC(Oc2cc3c(Nc4ccc5ccsc5c4)ncnc3cc2OC)CC1. The molecular weight excluding hydrogens is 436 g/mol. The lowest BCUT2D eigenvalue weighted by Gasteiger charge is -2.31. The van der Waals surface area contributed by atoms with Crippen molar-refractivity contribution in [2.24, 2.45) is 0 Å². The molecule has 0 aliphatic carbocycles. The van der Waals surface area contributed by atoms with Gasteiger partial charge in [0.05, 0.1) is 12.6 Å². The Morgan fingerprint density at radius 1 is 1.18 bits per heavy atom. The van der Waals surface area contributed by atoms with Gasteiger partial charge in [-0.2, -0.15) is 0 Å². The van der Waals surface area contributed by atoms with Gasteiger partial charge < -0.3 is 19.7 Å². The van der Waals surface area contributed by atoms with Crippen LogP contribution < -0.4 is 14.8 Å². The molecule has 2 aromatic carbocycles. The summed E-state index contributed by atoms with van der Waals surface area (Å²) in [6.07, 6.45) is 4.39. The Hall–Kier alpha value is -3.65. The van der Waals surface area contributed by atoms with E-state index >= 15 is 0 Å². The molecule has 0 radical (unpaired) electrons. The van der Waals surface area contributed by atoms with Gasteiger partial charge in [-0.15, -0.1) is 11.3 Å². The fourth-order valence-electron chi connectivity index (χ4n) is 4.09. The van der Waals surface area contributed by atoms with Crippen molar-refractivity contribution in [2.75, 3.05) is 25.5 Å². The fraction of sp³-hybridized carbons (Fsp3) is 0.240. The third-order valence-corrected chi connectivity index (χ3v) is 6.74. The largest absolute Gasteiger partial charge is 0.493 e. The number of aromatic nitrogens is 2. The van der Waals surface area contributed by atoms with E-state index in [1.165, 1.54) is 16.2 Å². The molecule has 8 heteroatoms. The first-order chi connectivity index (χ1) is 16.1. The molecule has 0 bridgehead atoms. The Bertz CT molecular complexity index is 1330. The van der Waals surface area contributed by atoms with E-state index in [0.29, 0.717) is 30.4 Å². The highest BCUT2D eigenvalue weighted by atomic mass is 32.1. The monoisotopic (exact) mass is 460 g/mol. The number of carbonyl (C=O) groups is 1. The van der Waals surface area contributed by atoms with Crippen LogP contribution >= 0.6 is 11.3 Å². The summed E-state index contributed by atoms with van der Waals surface area (Å²) >= 11 is 1.71. The zero-order valence-corrected chi connectivity index (χ0v) is 19.1. The fourth-order valence-corrected chi connectivity index (χ4v) is 4.92. The first-order valence-corrected chi connectivity index (χ1v) is 11.7. The lowest BCUT2D eigenvalue weighted by molar-refractivity contribution is -0.127. The number of ether oxygens (including phenoxy) is 2. The summed E-state index contributed by atoms with van der Waals surface area (Å²) < 4.78 is 13.1. The van der Waals surface area contributed by atoms with Crippen LogP contribution in [0.15, 0.2) is 60.8 Å². The summed E-state index contributed by atoms with van der Waals surface area (Å²) in [6.45, 7) is 4.86. The second-order valence-electron chi connectivity index (χ2n) is 7.89. The molecule has 1 N–H and O–H groups in total. The van der Waals surface area contributed by atoms with Gasteiger partial charge in [-0.05, 0) is 41.1 Å². The van der Waals surface area contributed by atoms with Gasteiger partial charge in [0.15, 0.2) is 11.5 Å². The second kappa shape index (κ2) is 9.07. The molecule has 33 heavy (non-hydrogen) atoms. The third-order valence-electron chi connectivity index (χ3n) is 5.86. The molecule has 1 aliphatic rings. The van der Waals surface area contributed by atoms with Crippen molar-refractivity contribution in [3.8, 4) is 11.5 Å². The number of nitrogens with zero attached hydrogens (tertiary/aromatic N) is 3. The normalized spacial score (nSPS) is 14.4. The molecule has 1 amide bonds. The van der Waals surface area contributed by atoms with E-state index in [9.17, 15) is 4.79 Å². The number of amides is 1. The quantitative estimate of drug-likeness (QED) is 0.401. The van der Waals surface area contributed by atoms with Crippen LogP contribution in [0.25, 0.3) is 21.0 Å². The summed E-state index contributed by atoms with van der Waals surface area (Å²) in [5.41, 5.74) is 1.72. The number of carbonyl (C=O) groups excluding carboxylic acids is 1. The van der Waals surface area contributed by atoms with Crippen LogP contribution in [0.5, 0.6) is 11.5 Å².